The molecule has 12 rings (SSSR count). The van der Waals surface area contributed by atoms with Crippen LogP contribution in [0.15, 0.2) is 241 Å². The molecule has 0 fully saturated rings. The van der Waals surface area contributed by atoms with Gasteiger partial charge in [0.05, 0.1) is 11.0 Å². The van der Waals surface area contributed by atoms with E-state index in [-0.39, 0.29) is 10.8 Å². The number of furan rings is 1. The van der Waals surface area contributed by atoms with Crippen LogP contribution in [-0.4, -0.2) is 4.57 Å². The molecule has 72 heavy (non-hydrogen) atoms. The van der Waals surface area contributed by atoms with Crippen LogP contribution in [-0.2, 0) is 10.8 Å². The van der Waals surface area contributed by atoms with E-state index in [1.807, 2.05) is 12.1 Å². The van der Waals surface area contributed by atoms with Crippen molar-refractivity contribution in [2.75, 3.05) is 9.80 Å². The number of hydrogen-bond donors (Lipinski definition) is 0. The Morgan fingerprint density at radius 3 is 1.12 bits per heavy atom. The number of para-hydroxylation sites is 3. The van der Waals surface area contributed by atoms with E-state index >= 15 is 0 Å². The van der Waals surface area contributed by atoms with Gasteiger partial charge in [0.1, 0.15) is 11.2 Å². The van der Waals surface area contributed by atoms with Crippen LogP contribution in [0.25, 0.3) is 71.7 Å². The number of hydrogen-bond acceptors (Lipinski definition) is 3. The van der Waals surface area contributed by atoms with E-state index in [0.717, 1.165) is 95.0 Å². The van der Waals surface area contributed by atoms with Gasteiger partial charge >= 0.3 is 0 Å². The predicted octanol–water partition coefficient (Wildman–Crippen LogP) is 19.6. The number of fused-ring (bicyclic) bond motifs is 6. The van der Waals surface area contributed by atoms with Crippen molar-refractivity contribution in [3.8, 4) is 27.9 Å². The Balaban J connectivity index is 0.956. The van der Waals surface area contributed by atoms with Crippen molar-refractivity contribution in [3.05, 3.63) is 248 Å². The summed E-state index contributed by atoms with van der Waals surface area (Å²) < 4.78 is 8.71. The number of nitrogens with zero attached hydrogens (tertiary/aromatic N) is 3. The van der Waals surface area contributed by atoms with Crippen molar-refractivity contribution in [1.82, 2.24) is 4.57 Å². The lowest BCUT2D eigenvalue weighted by molar-refractivity contribution is 0.590. The third-order valence-corrected chi connectivity index (χ3v) is 14.3. The van der Waals surface area contributed by atoms with E-state index in [4.69, 9.17) is 4.42 Å². The van der Waals surface area contributed by atoms with Crippen LogP contribution in [0.1, 0.15) is 52.7 Å². The minimum Gasteiger partial charge on any atom is -0.456 e. The molecular formula is C68H57N3O. The highest BCUT2D eigenvalue weighted by Gasteiger charge is 2.21. The molecule has 350 valence electrons. The summed E-state index contributed by atoms with van der Waals surface area (Å²) in [7, 11) is 0. The Hall–Kier alpha value is -8.60. The number of rotatable bonds is 9. The van der Waals surface area contributed by atoms with E-state index in [0.29, 0.717) is 0 Å². The van der Waals surface area contributed by atoms with Crippen LogP contribution in [0, 0.1) is 0 Å². The lowest BCUT2D eigenvalue weighted by Gasteiger charge is -2.27. The van der Waals surface area contributed by atoms with E-state index in [9.17, 15) is 0 Å². The molecule has 4 nitrogen and oxygen atoms in total. The van der Waals surface area contributed by atoms with Crippen LogP contribution in [0.4, 0.5) is 34.1 Å². The van der Waals surface area contributed by atoms with E-state index in [1.165, 1.54) is 21.9 Å². The molecule has 0 aliphatic heterocycles. The average Bonchev–Trinajstić information content (AvgIpc) is 3.94. The summed E-state index contributed by atoms with van der Waals surface area (Å²) in [5.74, 6) is 0. The Kier molecular flexibility index (Phi) is 10.9. The van der Waals surface area contributed by atoms with Gasteiger partial charge in [-0.05, 0) is 166 Å². The van der Waals surface area contributed by atoms with Gasteiger partial charge in [0.25, 0.3) is 0 Å². The Labute approximate surface area is 422 Å². The molecule has 0 N–H and O–H groups in total. The summed E-state index contributed by atoms with van der Waals surface area (Å²) in [5, 5.41) is 4.62. The van der Waals surface area contributed by atoms with Crippen LogP contribution >= 0.6 is 0 Å². The van der Waals surface area contributed by atoms with Crippen molar-refractivity contribution >= 4 is 77.9 Å². The highest BCUT2D eigenvalue weighted by atomic mass is 16.3. The van der Waals surface area contributed by atoms with Gasteiger partial charge in [-0.3, -0.25) is 0 Å². The van der Waals surface area contributed by atoms with E-state index < -0.39 is 0 Å². The maximum atomic E-state index is 6.29. The smallest absolute Gasteiger partial charge is 0.135 e. The summed E-state index contributed by atoms with van der Waals surface area (Å²) >= 11 is 0. The molecule has 0 saturated carbocycles. The molecule has 2 aromatic heterocycles. The molecule has 0 saturated heterocycles. The predicted molar refractivity (Wildman–Crippen MR) is 306 cm³/mol. The lowest BCUT2D eigenvalue weighted by Crippen LogP contribution is -2.13. The molecule has 0 radical (unpaired) electrons. The Bertz CT molecular complexity index is 3690. The summed E-state index contributed by atoms with van der Waals surface area (Å²) in [6.45, 7) is 13.6. The second-order valence-corrected chi connectivity index (χ2v) is 21.1. The summed E-state index contributed by atoms with van der Waals surface area (Å²) in [6, 6.07) is 86.1. The van der Waals surface area contributed by atoms with Gasteiger partial charge < -0.3 is 18.8 Å². The molecule has 0 unspecified atom stereocenters. The molecule has 0 spiro atoms. The third-order valence-electron chi connectivity index (χ3n) is 14.3. The van der Waals surface area contributed by atoms with Crippen molar-refractivity contribution in [3.63, 3.8) is 0 Å². The first kappa shape index (κ1) is 44.6. The summed E-state index contributed by atoms with van der Waals surface area (Å²) in [4.78, 5) is 4.68. The van der Waals surface area contributed by atoms with Crippen molar-refractivity contribution in [1.29, 1.82) is 0 Å². The zero-order valence-corrected chi connectivity index (χ0v) is 41.8. The van der Waals surface area contributed by atoms with Gasteiger partial charge in [-0.25, -0.2) is 0 Å². The zero-order chi connectivity index (χ0) is 49.1. The SMILES string of the molecule is CC(C)(C)c1ccc(N(c2ccccc2)c2ccc(-c3ccc4c(c3)c3cc(-c5ccc(N(c6ccccc6)c6ccc(C(C)(C)C)cc6)cc5)ccc3n4-c3ccc4oc5ccccc5c4c3)cc2)cc1. The highest BCUT2D eigenvalue weighted by Crippen LogP contribution is 2.42. The molecule has 0 atom stereocenters. The second-order valence-electron chi connectivity index (χ2n) is 21.1. The molecule has 2 heterocycles. The summed E-state index contributed by atoms with van der Waals surface area (Å²) in [6.07, 6.45) is 0. The number of anilines is 6. The fourth-order valence-corrected chi connectivity index (χ4v) is 10.4. The van der Waals surface area contributed by atoms with Crippen molar-refractivity contribution in [2.24, 2.45) is 0 Å². The minimum absolute atomic E-state index is 0.0754. The van der Waals surface area contributed by atoms with Crippen molar-refractivity contribution in [2.45, 2.75) is 52.4 Å². The van der Waals surface area contributed by atoms with Gasteiger partial charge in [0.2, 0.25) is 0 Å². The second kappa shape index (κ2) is 17.7. The maximum Gasteiger partial charge on any atom is 0.135 e. The largest absolute Gasteiger partial charge is 0.456 e. The first-order valence-electron chi connectivity index (χ1n) is 25.1. The van der Waals surface area contributed by atoms with E-state index in [1.54, 1.807) is 0 Å². The third kappa shape index (κ3) is 8.19. The fourth-order valence-electron chi connectivity index (χ4n) is 10.4. The van der Waals surface area contributed by atoms with Crippen molar-refractivity contribution < 1.29 is 4.42 Å². The zero-order valence-electron chi connectivity index (χ0n) is 41.8. The molecule has 10 aromatic carbocycles. The number of benzene rings is 10. The monoisotopic (exact) mass is 931 g/mol. The van der Waals surface area contributed by atoms with E-state index in [2.05, 4.69) is 280 Å². The van der Waals surface area contributed by atoms with Crippen LogP contribution < -0.4 is 9.80 Å². The van der Waals surface area contributed by atoms with Gasteiger partial charge in [0, 0.05) is 61.4 Å². The van der Waals surface area contributed by atoms with Gasteiger partial charge in [-0.1, -0.05) is 157 Å². The normalized spacial score (nSPS) is 12.0. The highest BCUT2D eigenvalue weighted by molar-refractivity contribution is 6.12. The first-order valence-corrected chi connectivity index (χ1v) is 25.1. The summed E-state index contributed by atoms with van der Waals surface area (Å²) in [5.41, 5.74) is 19.3. The quantitative estimate of drug-likeness (QED) is 0.144. The molecule has 4 heteroatoms. The molecular weight excluding hydrogens is 875 g/mol. The molecule has 0 amide bonds. The molecule has 0 aliphatic carbocycles. The van der Waals surface area contributed by atoms with Crippen LogP contribution in [0.2, 0.25) is 0 Å². The van der Waals surface area contributed by atoms with Crippen LogP contribution in [0.5, 0.6) is 0 Å². The molecule has 0 aliphatic rings. The molecule has 0 bridgehead atoms. The van der Waals surface area contributed by atoms with Crippen LogP contribution in [0.3, 0.4) is 0 Å². The van der Waals surface area contributed by atoms with Gasteiger partial charge in [0.15, 0.2) is 0 Å². The lowest BCUT2D eigenvalue weighted by atomic mass is 9.87. The first-order chi connectivity index (χ1) is 34.9. The van der Waals surface area contributed by atoms with Gasteiger partial charge in [-0.2, -0.15) is 0 Å². The maximum absolute atomic E-state index is 6.29. The average molecular weight is 932 g/mol. The fraction of sp³-hybridized carbons (Fsp3) is 0.118. The van der Waals surface area contributed by atoms with Gasteiger partial charge in [-0.15, -0.1) is 0 Å². The number of aromatic nitrogens is 1. The topological polar surface area (TPSA) is 24.6 Å². The Morgan fingerprint density at radius 2 is 0.681 bits per heavy atom. The Morgan fingerprint density at radius 1 is 0.306 bits per heavy atom. The minimum atomic E-state index is 0.0754. The molecule has 12 aromatic rings. The standard InChI is InChI=1S/C68H57N3O/c1-67(2,3)50-27-35-56(36-28-50)69(52-15-9-7-10-16-52)54-31-21-46(22-32-54)48-25-40-63-60(43-48)61-44-49(26-41-64(61)71(63)58-39-42-66-62(45-58)59-19-13-14-20-65(59)72-66)47-23-33-55(34-24-47)70(53-17-11-8-12-18-53)57-37-29-51(30-38-57)68(4,5)6/h7-45H,1-6H3.